The Morgan fingerprint density at radius 3 is 2.70 bits per heavy atom. The quantitative estimate of drug-likeness (QED) is 0.664. The summed E-state index contributed by atoms with van der Waals surface area (Å²) in [4.78, 5) is 0. The molecule has 104 valence electrons. The molecule has 0 amide bonds. The Balaban J connectivity index is 2.03. The number of nitrogens with two attached hydrogens (primary N) is 1. The fraction of sp³-hybridized carbons (Fsp3) is 0.250. The normalized spacial score (nSPS) is 15.2. The van der Waals surface area contributed by atoms with Crippen LogP contribution in [0.15, 0.2) is 40.9 Å². The van der Waals surface area contributed by atoms with Crippen molar-refractivity contribution in [3.63, 3.8) is 0 Å². The van der Waals surface area contributed by atoms with Gasteiger partial charge in [0.2, 0.25) is 0 Å². The van der Waals surface area contributed by atoms with Crippen LogP contribution in [0.5, 0.6) is 0 Å². The highest BCUT2D eigenvalue weighted by Crippen LogP contribution is 2.30. The van der Waals surface area contributed by atoms with Crippen LogP contribution in [-0.4, -0.2) is 0 Å². The van der Waals surface area contributed by atoms with Gasteiger partial charge in [-0.1, -0.05) is 34.1 Å². The summed E-state index contributed by atoms with van der Waals surface area (Å²) < 4.78 is 14.9. The van der Waals surface area contributed by atoms with Gasteiger partial charge < -0.3 is 0 Å². The van der Waals surface area contributed by atoms with E-state index < -0.39 is 0 Å². The number of halogens is 2. The van der Waals surface area contributed by atoms with Gasteiger partial charge in [-0.2, -0.15) is 0 Å². The van der Waals surface area contributed by atoms with Gasteiger partial charge in [-0.3, -0.25) is 5.84 Å². The summed E-state index contributed by atoms with van der Waals surface area (Å²) in [7, 11) is 0. The van der Waals surface area contributed by atoms with E-state index in [-0.39, 0.29) is 11.9 Å². The maximum atomic E-state index is 14.1. The molecule has 0 aromatic heterocycles. The molecule has 0 bridgehead atoms. The van der Waals surface area contributed by atoms with Crippen LogP contribution in [0.1, 0.15) is 34.7 Å². The zero-order valence-electron chi connectivity index (χ0n) is 11.0. The van der Waals surface area contributed by atoms with Crippen LogP contribution in [0.2, 0.25) is 0 Å². The lowest BCUT2D eigenvalue weighted by Crippen LogP contribution is -2.29. The molecule has 2 aromatic rings. The molecule has 2 aromatic carbocycles. The molecule has 3 N–H and O–H groups in total. The lowest BCUT2D eigenvalue weighted by Gasteiger charge is -2.19. The van der Waals surface area contributed by atoms with Crippen LogP contribution in [0.25, 0.3) is 0 Å². The van der Waals surface area contributed by atoms with Crippen molar-refractivity contribution in [3.05, 3.63) is 68.9 Å². The average molecular weight is 335 g/mol. The Hall–Kier alpha value is -1.23. The molecule has 1 aliphatic rings. The first-order chi connectivity index (χ1) is 9.69. The highest BCUT2D eigenvalue weighted by molar-refractivity contribution is 9.10. The first-order valence-corrected chi connectivity index (χ1v) is 7.51. The van der Waals surface area contributed by atoms with Crippen LogP contribution in [0, 0.1) is 5.82 Å². The topological polar surface area (TPSA) is 38.0 Å². The summed E-state index contributed by atoms with van der Waals surface area (Å²) in [5.74, 6) is 5.42. The third-order valence-corrected chi connectivity index (χ3v) is 4.38. The van der Waals surface area contributed by atoms with E-state index in [2.05, 4.69) is 33.5 Å². The molecule has 3 rings (SSSR count). The Morgan fingerprint density at radius 2 is 1.90 bits per heavy atom. The number of fused-ring (bicyclic) bond motifs is 1. The minimum Gasteiger partial charge on any atom is -0.271 e. The molecule has 4 heteroatoms. The smallest absolute Gasteiger partial charge is 0.128 e. The van der Waals surface area contributed by atoms with Gasteiger partial charge in [0.25, 0.3) is 0 Å². The Morgan fingerprint density at radius 1 is 1.10 bits per heavy atom. The summed E-state index contributed by atoms with van der Waals surface area (Å²) >= 11 is 3.38. The summed E-state index contributed by atoms with van der Waals surface area (Å²) in [5.41, 5.74) is 7.05. The Labute approximate surface area is 126 Å². The summed E-state index contributed by atoms with van der Waals surface area (Å²) in [6.07, 6.45) is 3.44. The molecule has 0 saturated carbocycles. The lowest BCUT2D eigenvalue weighted by atomic mass is 9.96. The fourth-order valence-electron chi connectivity index (χ4n) is 2.87. The highest BCUT2D eigenvalue weighted by atomic mass is 79.9. The zero-order valence-corrected chi connectivity index (χ0v) is 12.6. The highest BCUT2D eigenvalue weighted by Gasteiger charge is 2.19. The second-order valence-electron chi connectivity index (χ2n) is 5.15. The number of hydrazine groups is 1. The predicted octanol–water partition coefficient (Wildman–Crippen LogP) is 3.63. The van der Waals surface area contributed by atoms with Crippen molar-refractivity contribution in [2.75, 3.05) is 0 Å². The van der Waals surface area contributed by atoms with Crippen molar-refractivity contribution < 1.29 is 4.39 Å². The van der Waals surface area contributed by atoms with E-state index in [0.29, 0.717) is 5.56 Å². The van der Waals surface area contributed by atoms with Crippen molar-refractivity contribution in [2.45, 2.75) is 25.3 Å². The second-order valence-corrected chi connectivity index (χ2v) is 6.06. The largest absolute Gasteiger partial charge is 0.271 e. The first kappa shape index (κ1) is 13.7. The minimum absolute atomic E-state index is 0.253. The summed E-state index contributed by atoms with van der Waals surface area (Å²) in [6, 6.07) is 10.9. The van der Waals surface area contributed by atoms with E-state index in [1.807, 2.05) is 6.07 Å². The molecule has 2 nitrogen and oxygen atoms in total. The van der Waals surface area contributed by atoms with Crippen LogP contribution in [0.4, 0.5) is 4.39 Å². The van der Waals surface area contributed by atoms with E-state index in [4.69, 9.17) is 5.84 Å². The maximum absolute atomic E-state index is 14.1. The second kappa shape index (κ2) is 5.64. The van der Waals surface area contributed by atoms with Gasteiger partial charge in [-0.05, 0) is 54.2 Å². The number of aryl methyl sites for hydroxylation is 2. The molecule has 0 radical (unpaired) electrons. The molecule has 0 aliphatic heterocycles. The molecular weight excluding hydrogens is 319 g/mol. The van der Waals surface area contributed by atoms with Gasteiger partial charge in [0.1, 0.15) is 5.82 Å². The van der Waals surface area contributed by atoms with Crippen molar-refractivity contribution in [1.82, 2.24) is 5.43 Å². The number of rotatable bonds is 3. The lowest BCUT2D eigenvalue weighted by molar-refractivity contribution is 0.559. The maximum Gasteiger partial charge on any atom is 0.128 e. The van der Waals surface area contributed by atoms with Crippen LogP contribution < -0.4 is 11.3 Å². The molecule has 0 saturated heterocycles. The Bertz CT molecular complexity index is 642. The zero-order chi connectivity index (χ0) is 14.1. The molecule has 1 atom stereocenters. The molecule has 1 unspecified atom stereocenters. The van der Waals surface area contributed by atoms with E-state index in [9.17, 15) is 4.39 Å². The van der Waals surface area contributed by atoms with Gasteiger partial charge >= 0.3 is 0 Å². The first-order valence-electron chi connectivity index (χ1n) is 6.72. The molecule has 1 aliphatic carbocycles. The van der Waals surface area contributed by atoms with E-state index in [1.54, 1.807) is 12.1 Å². The van der Waals surface area contributed by atoms with E-state index in [1.165, 1.54) is 23.6 Å². The van der Waals surface area contributed by atoms with Gasteiger partial charge in [0.05, 0.1) is 6.04 Å². The van der Waals surface area contributed by atoms with Crippen molar-refractivity contribution in [3.8, 4) is 0 Å². The average Bonchev–Trinajstić information content (AvgIpc) is 2.91. The molecule has 0 spiro atoms. The number of hydrogen-bond acceptors (Lipinski definition) is 2. The van der Waals surface area contributed by atoms with Gasteiger partial charge in [0.15, 0.2) is 0 Å². The van der Waals surface area contributed by atoms with Crippen molar-refractivity contribution in [1.29, 1.82) is 0 Å². The molecule has 0 heterocycles. The van der Waals surface area contributed by atoms with Gasteiger partial charge in [0, 0.05) is 10.0 Å². The van der Waals surface area contributed by atoms with E-state index in [0.717, 1.165) is 22.9 Å². The van der Waals surface area contributed by atoms with Crippen LogP contribution >= 0.6 is 15.9 Å². The molecular formula is C16H16BrFN2. The third-order valence-electron chi connectivity index (χ3n) is 3.89. The molecule has 20 heavy (non-hydrogen) atoms. The monoisotopic (exact) mass is 334 g/mol. The number of hydrogen-bond donors (Lipinski definition) is 2. The SMILES string of the molecule is NNC(c1ccc2c(c1)CCC2)c1cc(Br)ccc1F. The van der Waals surface area contributed by atoms with E-state index >= 15 is 0 Å². The number of nitrogens with one attached hydrogen (secondary N) is 1. The molecule has 0 fully saturated rings. The van der Waals surface area contributed by atoms with Gasteiger partial charge in [-0.25, -0.2) is 9.82 Å². The van der Waals surface area contributed by atoms with Crippen molar-refractivity contribution in [2.24, 2.45) is 5.84 Å². The standard InChI is InChI=1S/C16H16BrFN2/c17-13-6-7-15(18)14(9-13)16(20-19)12-5-4-10-2-1-3-11(10)8-12/h4-9,16,20H,1-3,19H2. The summed E-state index contributed by atoms with van der Waals surface area (Å²) in [6.45, 7) is 0. The van der Waals surface area contributed by atoms with Gasteiger partial charge in [-0.15, -0.1) is 0 Å². The predicted molar refractivity (Wildman–Crippen MR) is 81.7 cm³/mol. The minimum atomic E-state index is -0.335. The third kappa shape index (κ3) is 2.51. The number of benzene rings is 2. The van der Waals surface area contributed by atoms with Crippen molar-refractivity contribution >= 4 is 15.9 Å². The fourth-order valence-corrected chi connectivity index (χ4v) is 3.25. The van der Waals surface area contributed by atoms with Crippen LogP contribution in [-0.2, 0) is 12.8 Å². The summed E-state index contributed by atoms with van der Waals surface area (Å²) in [5, 5.41) is 0. The Kier molecular flexibility index (Phi) is 3.87. The van der Waals surface area contributed by atoms with Crippen LogP contribution in [0.3, 0.4) is 0 Å².